The molecule has 0 spiro atoms. The van der Waals surface area contributed by atoms with Crippen LogP contribution >= 0.6 is 0 Å². The molecule has 1 fully saturated rings. The number of nitrogens with one attached hydrogen (secondary N) is 2. The van der Waals surface area contributed by atoms with Crippen molar-refractivity contribution in [3.05, 3.63) is 39.9 Å². The minimum Gasteiger partial charge on any atom is -0.354 e. The van der Waals surface area contributed by atoms with Crippen molar-refractivity contribution < 1.29 is 9.72 Å². The molecule has 1 aliphatic carbocycles. The van der Waals surface area contributed by atoms with E-state index in [2.05, 4.69) is 17.6 Å². The number of carbonyl (C=O) groups is 1. The van der Waals surface area contributed by atoms with Crippen LogP contribution in [0.15, 0.2) is 24.3 Å². The van der Waals surface area contributed by atoms with Crippen LogP contribution in [0.5, 0.6) is 0 Å². The highest BCUT2D eigenvalue weighted by Gasteiger charge is 2.28. The highest BCUT2D eigenvalue weighted by molar-refractivity contribution is 5.79. The fraction of sp³-hybridized carbons (Fsp3) is 0.611. The molecule has 0 radical (unpaired) electrons. The van der Waals surface area contributed by atoms with Gasteiger partial charge >= 0.3 is 0 Å². The van der Waals surface area contributed by atoms with Crippen LogP contribution in [0.4, 0.5) is 5.69 Å². The van der Waals surface area contributed by atoms with Crippen LogP contribution in [-0.2, 0) is 4.79 Å². The van der Waals surface area contributed by atoms with Crippen LogP contribution in [0.2, 0.25) is 0 Å². The number of non-ortho nitro benzene ring substituents is 1. The SMILES string of the molecule is CC(C)NC(=O)[C@@H]1CCC[C@@H](N[C@H](C)c2ccc([N+](=O)[O-])cc2)C1. The van der Waals surface area contributed by atoms with E-state index < -0.39 is 0 Å². The van der Waals surface area contributed by atoms with Crippen LogP contribution in [0.1, 0.15) is 58.1 Å². The quantitative estimate of drug-likeness (QED) is 0.618. The Morgan fingerprint density at radius 1 is 1.21 bits per heavy atom. The highest BCUT2D eigenvalue weighted by Crippen LogP contribution is 2.27. The second-order valence-corrected chi connectivity index (χ2v) is 6.96. The van der Waals surface area contributed by atoms with Crippen molar-refractivity contribution in [1.29, 1.82) is 0 Å². The van der Waals surface area contributed by atoms with Crippen molar-refractivity contribution in [3.8, 4) is 0 Å². The minimum absolute atomic E-state index is 0.0720. The van der Waals surface area contributed by atoms with Gasteiger partial charge < -0.3 is 10.6 Å². The predicted octanol–water partition coefficient (Wildman–Crippen LogP) is 3.33. The average molecular weight is 333 g/mol. The van der Waals surface area contributed by atoms with E-state index in [9.17, 15) is 14.9 Å². The van der Waals surface area contributed by atoms with Gasteiger partial charge in [0.15, 0.2) is 0 Å². The Kier molecular flexibility index (Phi) is 6.31. The molecular formula is C18H27N3O3. The van der Waals surface area contributed by atoms with Gasteiger partial charge in [-0.15, -0.1) is 0 Å². The lowest BCUT2D eigenvalue weighted by Crippen LogP contribution is -2.42. The molecule has 0 aliphatic heterocycles. The summed E-state index contributed by atoms with van der Waals surface area (Å²) >= 11 is 0. The first-order valence-corrected chi connectivity index (χ1v) is 8.67. The van der Waals surface area contributed by atoms with E-state index in [0.717, 1.165) is 31.2 Å². The van der Waals surface area contributed by atoms with Crippen molar-refractivity contribution >= 4 is 11.6 Å². The molecule has 0 unspecified atom stereocenters. The number of nitrogens with zero attached hydrogens (tertiary/aromatic N) is 1. The molecule has 0 aromatic heterocycles. The molecule has 0 bridgehead atoms. The maximum Gasteiger partial charge on any atom is 0.269 e. The molecule has 0 heterocycles. The molecule has 1 aliphatic rings. The van der Waals surface area contributed by atoms with Crippen molar-refractivity contribution in [2.45, 2.75) is 64.6 Å². The summed E-state index contributed by atoms with van der Waals surface area (Å²) in [5.74, 6) is 0.224. The van der Waals surface area contributed by atoms with E-state index in [-0.39, 0.29) is 34.5 Å². The number of benzene rings is 1. The first-order chi connectivity index (χ1) is 11.4. The summed E-state index contributed by atoms with van der Waals surface area (Å²) in [6, 6.07) is 7.23. The molecule has 0 saturated heterocycles. The van der Waals surface area contributed by atoms with Crippen LogP contribution in [0.3, 0.4) is 0 Å². The minimum atomic E-state index is -0.388. The molecule has 6 nitrogen and oxygen atoms in total. The average Bonchev–Trinajstić information content (AvgIpc) is 2.54. The molecule has 1 amide bonds. The summed E-state index contributed by atoms with van der Waals surface area (Å²) in [5.41, 5.74) is 1.13. The first-order valence-electron chi connectivity index (χ1n) is 8.67. The number of amides is 1. The summed E-state index contributed by atoms with van der Waals surface area (Å²) in [4.78, 5) is 22.5. The summed E-state index contributed by atoms with van der Waals surface area (Å²) in [7, 11) is 0. The van der Waals surface area contributed by atoms with E-state index in [1.165, 1.54) is 12.1 Å². The number of nitro groups is 1. The van der Waals surface area contributed by atoms with Gasteiger partial charge in [-0.1, -0.05) is 18.6 Å². The number of carbonyl (C=O) groups excluding carboxylic acids is 1. The summed E-state index contributed by atoms with van der Waals surface area (Å²) in [6.07, 6.45) is 3.89. The smallest absolute Gasteiger partial charge is 0.269 e. The standard InChI is InChI=1S/C18H27N3O3/c1-12(2)19-18(22)15-5-4-6-16(11-15)20-13(3)14-7-9-17(10-8-14)21(23)24/h7-10,12-13,15-16,20H,4-6,11H2,1-3H3,(H,19,22)/t13-,15-,16-/m1/s1. The van der Waals surface area contributed by atoms with Gasteiger partial charge in [0.25, 0.3) is 5.69 Å². The molecule has 3 atom stereocenters. The largest absolute Gasteiger partial charge is 0.354 e. The van der Waals surface area contributed by atoms with Gasteiger partial charge in [-0.25, -0.2) is 0 Å². The molecular weight excluding hydrogens is 306 g/mol. The Balaban J connectivity index is 1.92. The third-order valence-corrected chi connectivity index (χ3v) is 4.57. The molecule has 24 heavy (non-hydrogen) atoms. The topological polar surface area (TPSA) is 84.3 Å². The summed E-state index contributed by atoms with van der Waals surface area (Å²) < 4.78 is 0. The van der Waals surface area contributed by atoms with Gasteiger partial charge in [-0.3, -0.25) is 14.9 Å². The zero-order valence-electron chi connectivity index (χ0n) is 14.6. The Labute approximate surface area is 143 Å². The van der Waals surface area contributed by atoms with E-state index >= 15 is 0 Å². The second-order valence-electron chi connectivity index (χ2n) is 6.96. The van der Waals surface area contributed by atoms with Crippen molar-refractivity contribution in [1.82, 2.24) is 10.6 Å². The molecule has 2 N–H and O–H groups in total. The molecule has 1 aromatic rings. The van der Waals surface area contributed by atoms with Gasteiger partial charge in [-0.2, -0.15) is 0 Å². The van der Waals surface area contributed by atoms with Crippen molar-refractivity contribution in [2.75, 3.05) is 0 Å². The number of hydrogen-bond acceptors (Lipinski definition) is 4. The third-order valence-electron chi connectivity index (χ3n) is 4.57. The maximum atomic E-state index is 12.2. The first kappa shape index (κ1) is 18.4. The van der Waals surface area contributed by atoms with Crippen molar-refractivity contribution in [2.24, 2.45) is 5.92 Å². The number of hydrogen-bond donors (Lipinski definition) is 2. The van der Waals surface area contributed by atoms with E-state index in [1.807, 2.05) is 13.8 Å². The Hall–Kier alpha value is -1.95. The second kappa shape index (κ2) is 8.24. The van der Waals surface area contributed by atoms with Crippen molar-refractivity contribution in [3.63, 3.8) is 0 Å². The van der Waals surface area contributed by atoms with Crippen LogP contribution in [0, 0.1) is 16.0 Å². The fourth-order valence-electron chi connectivity index (χ4n) is 3.32. The van der Waals surface area contributed by atoms with Gasteiger partial charge in [0.05, 0.1) is 4.92 Å². The number of nitro benzene ring substituents is 1. The summed E-state index contributed by atoms with van der Waals surface area (Å²) in [5, 5.41) is 17.3. The van der Waals surface area contributed by atoms with Gasteiger partial charge in [0, 0.05) is 36.2 Å². The van der Waals surface area contributed by atoms with Crippen LogP contribution < -0.4 is 10.6 Å². The Morgan fingerprint density at radius 2 is 1.88 bits per heavy atom. The van der Waals surface area contributed by atoms with Gasteiger partial charge in [0.1, 0.15) is 0 Å². The zero-order valence-corrected chi connectivity index (χ0v) is 14.6. The van der Waals surface area contributed by atoms with Gasteiger partial charge in [-0.05, 0) is 45.6 Å². The molecule has 2 rings (SSSR count). The van der Waals surface area contributed by atoms with Gasteiger partial charge in [0.2, 0.25) is 5.91 Å². The molecule has 1 saturated carbocycles. The Morgan fingerprint density at radius 3 is 2.46 bits per heavy atom. The molecule has 6 heteroatoms. The highest BCUT2D eigenvalue weighted by atomic mass is 16.6. The van der Waals surface area contributed by atoms with Crippen LogP contribution in [0.25, 0.3) is 0 Å². The third kappa shape index (κ3) is 5.03. The maximum absolute atomic E-state index is 12.2. The lowest BCUT2D eigenvalue weighted by molar-refractivity contribution is -0.384. The fourth-order valence-corrected chi connectivity index (χ4v) is 3.32. The Bertz CT molecular complexity index is 571. The molecule has 1 aromatic carbocycles. The monoisotopic (exact) mass is 333 g/mol. The van der Waals surface area contributed by atoms with E-state index in [4.69, 9.17) is 0 Å². The lowest BCUT2D eigenvalue weighted by Gasteiger charge is -2.31. The van der Waals surface area contributed by atoms with Crippen LogP contribution in [-0.4, -0.2) is 22.9 Å². The lowest BCUT2D eigenvalue weighted by atomic mass is 9.84. The normalized spacial score (nSPS) is 22.2. The van der Waals surface area contributed by atoms with E-state index in [1.54, 1.807) is 12.1 Å². The number of rotatable bonds is 6. The predicted molar refractivity (Wildman–Crippen MR) is 93.7 cm³/mol. The zero-order chi connectivity index (χ0) is 17.7. The summed E-state index contributed by atoms with van der Waals surface area (Å²) in [6.45, 7) is 6.01. The molecule has 132 valence electrons. The van der Waals surface area contributed by atoms with E-state index in [0.29, 0.717) is 6.04 Å².